The molecule has 2 amide bonds. The summed E-state index contributed by atoms with van der Waals surface area (Å²) in [5.74, 6) is -1.73. The molecule has 2 aromatic carbocycles. The molecule has 2 heterocycles. The monoisotopic (exact) mass is 446 g/mol. The molecule has 1 saturated heterocycles. The van der Waals surface area contributed by atoms with E-state index in [4.69, 9.17) is 4.74 Å². The molecule has 8 heteroatoms. The number of amides is 2. The number of ether oxygens (including phenoxy) is 1. The number of ketones is 1. The Bertz CT molecular complexity index is 1170. The van der Waals surface area contributed by atoms with Gasteiger partial charge in [0.25, 0.3) is 0 Å². The molecule has 1 atom stereocenters. The molecule has 4 rings (SSSR count). The predicted octanol–water partition coefficient (Wildman–Crippen LogP) is 3.55. The summed E-state index contributed by atoms with van der Waals surface area (Å²) in [7, 11) is 0. The Balaban J connectivity index is 1.45. The van der Waals surface area contributed by atoms with E-state index in [-0.39, 0.29) is 34.6 Å². The van der Waals surface area contributed by atoms with Crippen LogP contribution in [0.4, 0.5) is 5.69 Å². The van der Waals surface area contributed by atoms with E-state index in [1.54, 1.807) is 66.7 Å². The highest BCUT2D eigenvalue weighted by molar-refractivity contribution is 8.00. The Labute approximate surface area is 188 Å². The number of benzene rings is 2. The molecule has 0 spiro atoms. The summed E-state index contributed by atoms with van der Waals surface area (Å²) in [6.45, 7) is -0.412. The standard InChI is InChI=1S/C24H18N2O5S/c27-19(16-8-3-1-4-9-16)15-31-24(30)18-12-7-13-25-22(18)32-20-14-21(28)26(23(20)29)17-10-5-2-6-11-17/h1-13,20H,14-15H2/t20-/m1/s1. The summed E-state index contributed by atoms with van der Waals surface area (Å²) >= 11 is 1.04. The van der Waals surface area contributed by atoms with Gasteiger partial charge in [-0.15, -0.1) is 0 Å². The Morgan fingerprint density at radius 1 is 0.969 bits per heavy atom. The molecule has 1 aromatic heterocycles. The number of carbonyl (C=O) groups excluding carboxylic acids is 4. The Morgan fingerprint density at radius 2 is 1.66 bits per heavy atom. The van der Waals surface area contributed by atoms with Crippen LogP contribution < -0.4 is 4.90 Å². The molecule has 3 aromatic rings. The van der Waals surface area contributed by atoms with Crippen molar-refractivity contribution in [2.24, 2.45) is 0 Å². The number of para-hydroxylation sites is 1. The minimum absolute atomic E-state index is 0.00402. The van der Waals surface area contributed by atoms with Crippen LogP contribution in [0.15, 0.2) is 84.0 Å². The highest BCUT2D eigenvalue weighted by Crippen LogP contribution is 2.34. The normalized spacial score (nSPS) is 15.6. The van der Waals surface area contributed by atoms with Crippen molar-refractivity contribution in [3.05, 3.63) is 90.1 Å². The van der Waals surface area contributed by atoms with E-state index in [0.717, 1.165) is 16.7 Å². The zero-order valence-corrected chi connectivity index (χ0v) is 17.7. The number of anilines is 1. The van der Waals surface area contributed by atoms with Crippen molar-refractivity contribution in [2.45, 2.75) is 16.7 Å². The third-order valence-electron chi connectivity index (χ3n) is 4.79. The quantitative estimate of drug-likeness (QED) is 0.311. The van der Waals surface area contributed by atoms with Gasteiger partial charge in [0.1, 0.15) is 5.03 Å². The van der Waals surface area contributed by atoms with Crippen molar-refractivity contribution in [3.8, 4) is 0 Å². The average molecular weight is 446 g/mol. The summed E-state index contributed by atoms with van der Waals surface area (Å²) in [5, 5.41) is -0.444. The van der Waals surface area contributed by atoms with Crippen LogP contribution in [0.5, 0.6) is 0 Å². The van der Waals surface area contributed by atoms with Gasteiger partial charge >= 0.3 is 5.97 Å². The lowest BCUT2D eigenvalue weighted by atomic mass is 10.1. The van der Waals surface area contributed by atoms with Crippen molar-refractivity contribution in [2.75, 3.05) is 11.5 Å². The SMILES string of the molecule is O=C(COC(=O)c1cccnc1S[C@@H]1CC(=O)N(c2ccccc2)C1=O)c1ccccc1. The van der Waals surface area contributed by atoms with E-state index in [1.165, 1.54) is 12.3 Å². The molecule has 160 valence electrons. The first-order valence-electron chi connectivity index (χ1n) is 9.83. The topological polar surface area (TPSA) is 93.6 Å². The van der Waals surface area contributed by atoms with Crippen molar-refractivity contribution in [1.29, 1.82) is 0 Å². The molecular weight excluding hydrogens is 428 g/mol. The fourth-order valence-electron chi connectivity index (χ4n) is 3.24. The van der Waals surface area contributed by atoms with E-state index in [0.29, 0.717) is 11.3 Å². The predicted molar refractivity (Wildman–Crippen MR) is 118 cm³/mol. The van der Waals surface area contributed by atoms with Crippen LogP contribution in [-0.4, -0.2) is 40.4 Å². The molecule has 0 N–H and O–H groups in total. The Kier molecular flexibility index (Phi) is 6.42. The van der Waals surface area contributed by atoms with E-state index in [9.17, 15) is 19.2 Å². The van der Waals surface area contributed by atoms with Crippen molar-refractivity contribution >= 4 is 41.0 Å². The van der Waals surface area contributed by atoms with E-state index in [1.807, 2.05) is 0 Å². The molecule has 1 fully saturated rings. The van der Waals surface area contributed by atoms with Gasteiger partial charge in [0, 0.05) is 18.2 Å². The van der Waals surface area contributed by atoms with Gasteiger partial charge in [0.2, 0.25) is 11.8 Å². The fourth-order valence-corrected chi connectivity index (χ4v) is 4.34. The van der Waals surface area contributed by atoms with Gasteiger partial charge in [0.15, 0.2) is 12.4 Å². The minimum atomic E-state index is -0.721. The van der Waals surface area contributed by atoms with Gasteiger partial charge < -0.3 is 4.74 Å². The van der Waals surface area contributed by atoms with Crippen LogP contribution in [0.3, 0.4) is 0 Å². The summed E-state index contributed by atoms with van der Waals surface area (Å²) in [5.41, 5.74) is 1.08. The molecule has 1 aliphatic rings. The molecule has 0 aliphatic carbocycles. The summed E-state index contributed by atoms with van der Waals surface area (Å²) in [4.78, 5) is 55.5. The third-order valence-corrected chi connectivity index (χ3v) is 6.00. The second-order valence-electron chi connectivity index (χ2n) is 6.94. The van der Waals surface area contributed by atoms with Gasteiger partial charge in [-0.2, -0.15) is 0 Å². The number of aromatic nitrogens is 1. The lowest BCUT2D eigenvalue weighted by Crippen LogP contribution is -2.31. The van der Waals surface area contributed by atoms with Gasteiger partial charge in [0.05, 0.1) is 16.5 Å². The fraction of sp³-hybridized carbons (Fsp3) is 0.125. The smallest absolute Gasteiger partial charge is 0.341 e. The maximum Gasteiger partial charge on any atom is 0.341 e. The van der Waals surface area contributed by atoms with Crippen LogP contribution in [-0.2, 0) is 14.3 Å². The number of carbonyl (C=O) groups is 4. The molecule has 7 nitrogen and oxygen atoms in total. The largest absolute Gasteiger partial charge is 0.454 e. The van der Waals surface area contributed by atoms with Gasteiger partial charge in [-0.3, -0.25) is 14.4 Å². The van der Waals surface area contributed by atoms with E-state index < -0.39 is 17.8 Å². The van der Waals surface area contributed by atoms with Gasteiger partial charge in [-0.05, 0) is 24.3 Å². The first-order chi connectivity index (χ1) is 15.5. The maximum absolute atomic E-state index is 12.9. The number of hydrogen-bond acceptors (Lipinski definition) is 7. The zero-order chi connectivity index (χ0) is 22.5. The zero-order valence-electron chi connectivity index (χ0n) is 16.8. The number of esters is 1. The van der Waals surface area contributed by atoms with Gasteiger partial charge in [-0.25, -0.2) is 14.7 Å². The molecule has 0 radical (unpaired) electrons. The molecule has 0 unspecified atom stereocenters. The first kappa shape index (κ1) is 21.5. The number of imide groups is 1. The number of nitrogens with zero attached hydrogens (tertiary/aromatic N) is 2. The van der Waals surface area contributed by atoms with Crippen molar-refractivity contribution in [1.82, 2.24) is 4.98 Å². The molecule has 1 aliphatic heterocycles. The number of Topliss-reactive ketones (excluding diaryl/α,β-unsaturated/α-hetero) is 1. The Hall–Kier alpha value is -3.78. The highest BCUT2D eigenvalue weighted by atomic mass is 32.2. The van der Waals surface area contributed by atoms with Crippen LogP contribution in [0.2, 0.25) is 0 Å². The number of hydrogen-bond donors (Lipinski definition) is 0. The molecular formula is C24H18N2O5S. The minimum Gasteiger partial charge on any atom is -0.454 e. The van der Waals surface area contributed by atoms with Crippen LogP contribution in [0.1, 0.15) is 27.1 Å². The molecule has 0 saturated carbocycles. The molecule has 32 heavy (non-hydrogen) atoms. The van der Waals surface area contributed by atoms with Gasteiger partial charge in [-0.1, -0.05) is 60.3 Å². The summed E-state index contributed by atoms with van der Waals surface area (Å²) < 4.78 is 5.18. The lowest BCUT2D eigenvalue weighted by molar-refractivity contribution is -0.121. The van der Waals surface area contributed by atoms with Crippen molar-refractivity contribution < 1.29 is 23.9 Å². The molecule has 0 bridgehead atoms. The lowest BCUT2D eigenvalue weighted by Gasteiger charge is -2.15. The van der Waals surface area contributed by atoms with Crippen LogP contribution in [0.25, 0.3) is 0 Å². The van der Waals surface area contributed by atoms with Crippen LogP contribution >= 0.6 is 11.8 Å². The third kappa shape index (κ3) is 4.60. The maximum atomic E-state index is 12.9. The average Bonchev–Trinajstić information content (AvgIpc) is 3.11. The first-order valence-corrected chi connectivity index (χ1v) is 10.7. The van der Waals surface area contributed by atoms with E-state index in [2.05, 4.69) is 4.98 Å². The van der Waals surface area contributed by atoms with Crippen molar-refractivity contribution in [3.63, 3.8) is 0 Å². The number of rotatable bonds is 7. The van der Waals surface area contributed by atoms with E-state index >= 15 is 0 Å². The van der Waals surface area contributed by atoms with Crippen LogP contribution in [0, 0.1) is 0 Å². The number of thioether (sulfide) groups is 1. The second-order valence-corrected chi connectivity index (χ2v) is 8.13. The number of pyridine rings is 1. The highest BCUT2D eigenvalue weighted by Gasteiger charge is 2.40. The summed E-state index contributed by atoms with van der Waals surface area (Å²) in [6.07, 6.45) is 1.49. The second kappa shape index (κ2) is 9.57. The Morgan fingerprint density at radius 3 is 2.38 bits per heavy atom. The summed E-state index contributed by atoms with van der Waals surface area (Å²) in [6, 6.07) is 20.3.